The number of hydrogen-bond acceptors (Lipinski definition) is 3. The van der Waals surface area contributed by atoms with Crippen LogP contribution in [-0.2, 0) is 0 Å². The molecule has 0 unspecified atom stereocenters. The number of anilines is 3. The molecule has 3 heterocycles. The predicted molar refractivity (Wildman–Crippen MR) is 239 cm³/mol. The smallest absolute Gasteiger partial charge is 0.143 e. The van der Waals surface area contributed by atoms with Crippen LogP contribution < -0.4 is 4.90 Å². The minimum Gasteiger partial charge on any atom is -0.455 e. The summed E-state index contributed by atoms with van der Waals surface area (Å²) in [5, 5.41) is 9.54. The van der Waals surface area contributed by atoms with Crippen molar-refractivity contribution in [2.45, 2.75) is 0 Å². The molecule has 0 spiro atoms. The molecule has 0 atom stereocenters. The Morgan fingerprint density at radius 3 is 1.95 bits per heavy atom. The Labute approximate surface area is 326 Å². The molecular weight excluding hydrogens is 701 g/mol. The van der Waals surface area contributed by atoms with Gasteiger partial charge in [0.05, 0.1) is 27.8 Å². The molecule has 0 radical (unpaired) electrons. The minimum absolute atomic E-state index is 0.862. The summed E-state index contributed by atoms with van der Waals surface area (Å²) in [6, 6.07) is 70.2. The fraction of sp³-hybridized carbons (Fsp3) is 0. The highest BCUT2D eigenvalue weighted by atomic mass is 32.1. The second-order valence-electron chi connectivity index (χ2n) is 14.4. The highest BCUT2D eigenvalue weighted by Crippen LogP contribution is 2.49. The molecule has 56 heavy (non-hydrogen) atoms. The lowest BCUT2D eigenvalue weighted by molar-refractivity contribution is 0.672. The number of thiophene rings is 1. The second-order valence-corrected chi connectivity index (χ2v) is 15.5. The van der Waals surface area contributed by atoms with Gasteiger partial charge in [-0.15, -0.1) is 11.3 Å². The molecule has 0 bridgehead atoms. The molecular formula is C52H32N2OS. The van der Waals surface area contributed by atoms with Gasteiger partial charge in [-0.05, 0) is 66.0 Å². The summed E-state index contributed by atoms with van der Waals surface area (Å²) in [4.78, 5) is 2.45. The van der Waals surface area contributed by atoms with Crippen LogP contribution in [0.3, 0.4) is 0 Å². The van der Waals surface area contributed by atoms with E-state index in [0.717, 1.165) is 55.5 Å². The van der Waals surface area contributed by atoms with Crippen molar-refractivity contribution >= 4 is 103 Å². The minimum atomic E-state index is 0.862. The van der Waals surface area contributed by atoms with Crippen LogP contribution in [0.15, 0.2) is 199 Å². The summed E-state index contributed by atoms with van der Waals surface area (Å²) in [6.45, 7) is 0. The quantitative estimate of drug-likeness (QED) is 0.176. The van der Waals surface area contributed by atoms with E-state index in [1.54, 1.807) is 0 Å². The molecule has 0 aliphatic heterocycles. The first-order valence-electron chi connectivity index (χ1n) is 19.0. The number of benzene rings is 9. The third kappa shape index (κ3) is 4.57. The topological polar surface area (TPSA) is 21.3 Å². The van der Waals surface area contributed by atoms with E-state index in [1.807, 2.05) is 11.3 Å². The SMILES string of the molecule is c1cc(N(c2ccccc2-c2cccc3c2sc2ccccc23)c2cccc3oc4c5ccccc5ccc4c23)cc(-n2c3ccccc3c3ccccc32)c1. The van der Waals surface area contributed by atoms with E-state index in [1.165, 1.54) is 53.1 Å². The van der Waals surface area contributed by atoms with Gasteiger partial charge in [0.15, 0.2) is 0 Å². The molecule has 0 saturated carbocycles. The van der Waals surface area contributed by atoms with Crippen LogP contribution >= 0.6 is 11.3 Å². The average Bonchev–Trinajstić information content (AvgIpc) is 3.94. The van der Waals surface area contributed by atoms with Crippen LogP contribution in [0.2, 0.25) is 0 Å². The van der Waals surface area contributed by atoms with Crippen LogP contribution in [0.25, 0.3) is 91.5 Å². The van der Waals surface area contributed by atoms with Crippen molar-refractivity contribution in [3.05, 3.63) is 194 Å². The summed E-state index contributed by atoms with van der Waals surface area (Å²) < 4.78 is 11.8. The molecule has 3 nitrogen and oxygen atoms in total. The largest absolute Gasteiger partial charge is 0.455 e. The molecule has 3 aromatic heterocycles. The first kappa shape index (κ1) is 31.2. The van der Waals surface area contributed by atoms with Crippen molar-refractivity contribution in [2.24, 2.45) is 0 Å². The lowest BCUT2D eigenvalue weighted by atomic mass is 9.99. The fourth-order valence-corrected chi connectivity index (χ4v) is 10.2. The zero-order chi connectivity index (χ0) is 36.7. The molecule has 9 aromatic carbocycles. The Morgan fingerprint density at radius 1 is 0.446 bits per heavy atom. The summed E-state index contributed by atoms with van der Waals surface area (Å²) in [5.74, 6) is 0. The first-order valence-corrected chi connectivity index (χ1v) is 19.8. The molecule has 12 rings (SSSR count). The van der Waals surface area contributed by atoms with Gasteiger partial charge in [-0.25, -0.2) is 0 Å². The van der Waals surface area contributed by atoms with Gasteiger partial charge in [0.2, 0.25) is 0 Å². The standard InChI is InChI=1S/C52H32N2OS/c1-2-17-36-33(14-1)30-31-43-50-47(27-13-28-48(50)55-51(36)43)54(35-16-11-15-34(32-35)53-44-24-7-3-18-37(44)38-19-4-8-25-45(38)53)46-26-9-5-20-39(46)41-22-12-23-42-40-21-6-10-29-49(40)56-52(41)42/h1-32H. The van der Waals surface area contributed by atoms with Crippen LogP contribution in [0, 0.1) is 0 Å². The molecule has 0 saturated heterocycles. The number of aromatic nitrogens is 1. The summed E-state index contributed by atoms with van der Waals surface area (Å²) in [7, 11) is 0. The fourth-order valence-electron chi connectivity index (χ4n) is 8.96. The molecule has 0 fully saturated rings. The van der Waals surface area contributed by atoms with Gasteiger partial charge < -0.3 is 13.9 Å². The molecule has 12 aromatic rings. The van der Waals surface area contributed by atoms with E-state index < -0.39 is 0 Å². The highest BCUT2D eigenvalue weighted by molar-refractivity contribution is 7.26. The Kier molecular flexibility index (Phi) is 6.80. The third-order valence-corrected chi connectivity index (χ3v) is 12.6. The van der Waals surface area contributed by atoms with Crippen molar-refractivity contribution in [1.82, 2.24) is 4.57 Å². The molecule has 262 valence electrons. The zero-order valence-corrected chi connectivity index (χ0v) is 31.0. The van der Waals surface area contributed by atoms with Gasteiger partial charge in [-0.3, -0.25) is 0 Å². The summed E-state index contributed by atoms with van der Waals surface area (Å²) >= 11 is 1.87. The van der Waals surface area contributed by atoms with Crippen molar-refractivity contribution in [1.29, 1.82) is 0 Å². The van der Waals surface area contributed by atoms with E-state index in [4.69, 9.17) is 4.42 Å². The molecule has 4 heteroatoms. The molecule has 0 amide bonds. The van der Waals surface area contributed by atoms with Gasteiger partial charge in [-0.1, -0.05) is 133 Å². The molecule has 0 aliphatic rings. The maximum Gasteiger partial charge on any atom is 0.143 e. The Hall–Kier alpha value is -7.14. The Balaban J connectivity index is 1.16. The zero-order valence-electron chi connectivity index (χ0n) is 30.2. The number of nitrogens with zero attached hydrogens (tertiary/aromatic N) is 2. The summed E-state index contributed by atoms with van der Waals surface area (Å²) in [5.41, 5.74) is 10.8. The lowest BCUT2D eigenvalue weighted by Gasteiger charge is -2.29. The third-order valence-electron chi connectivity index (χ3n) is 11.4. The number of hydrogen-bond donors (Lipinski definition) is 0. The van der Waals surface area contributed by atoms with Gasteiger partial charge in [0.25, 0.3) is 0 Å². The van der Waals surface area contributed by atoms with Crippen molar-refractivity contribution in [3.63, 3.8) is 0 Å². The highest BCUT2D eigenvalue weighted by Gasteiger charge is 2.24. The van der Waals surface area contributed by atoms with Crippen molar-refractivity contribution in [3.8, 4) is 16.8 Å². The van der Waals surface area contributed by atoms with Crippen LogP contribution in [-0.4, -0.2) is 4.57 Å². The molecule has 0 aliphatic carbocycles. The van der Waals surface area contributed by atoms with Gasteiger partial charge in [0.1, 0.15) is 11.2 Å². The van der Waals surface area contributed by atoms with Gasteiger partial charge >= 0.3 is 0 Å². The maximum atomic E-state index is 6.78. The lowest BCUT2D eigenvalue weighted by Crippen LogP contribution is -2.12. The normalized spacial score (nSPS) is 11.9. The first-order chi connectivity index (χ1) is 27.8. The van der Waals surface area contributed by atoms with E-state index in [-0.39, 0.29) is 0 Å². The van der Waals surface area contributed by atoms with Crippen molar-refractivity contribution in [2.75, 3.05) is 4.90 Å². The second kappa shape index (κ2) is 12.2. The van der Waals surface area contributed by atoms with E-state index in [0.29, 0.717) is 0 Å². The molecule has 0 N–H and O–H groups in total. The van der Waals surface area contributed by atoms with E-state index in [2.05, 4.69) is 204 Å². The Bertz CT molecular complexity index is 3460. The van der Waals surface area contributed by atoms with Crippen LogP contribution in [0.4, 0.5) is 17.1 Å². The maximum absolute atomic E-state index is 6.78. The monoisotopic (exact) mass is 732 g/mol. The Morgan fingerprint density at radius 2 is 1.09 bits per heavy atom. The number of fused-ring (bicyclic) bond motifs is 11. The van der Waals surface area contributed by atoms with Crippen LogP contribution in [0.5, 0.6) is 0 Å². The predicted octanol–water partition coefficient (Wildman–Crippen LogP) is 15.3. The number of rotatable bonds is 5. The number of furan rings is 1. The number of para-hydroxylation sites is 3. The summed E-state index contributed by atoms with van der Waals surface area (Å²) in [6.07, 6.45) is 0. The van der Waals surface area contributed by atoms with E-state index >= 15 is 0 Å². The average molecular weight is 733 g/mol. The van der Waals surface area contributed by atoms with Gasteiger partial charge in [0, 0.05) is 64.2 Å². The van der Waals surface area contributed by atoms with Gasteiger partial charge in [-0.2, -0.15) is 0 Å². The van der Waals surface area contributed by atoms with Crippen LogP contribution in [0.1, 0.15) is 0 Å². The van der Waals surface area contributed by atoms with Crippen molar-refractivity contribution < 1.29 is 4.42 Å². The van der Waals surface area contributed by atoms with E-state index in [9.17, 15) is 0 Å².